The fraction of sp³-hybridized carbons (Fsp3) is 0.250. The van der Waals surface area contributed by atoms with E-state index in [1.165, 1.54) is 16.9 Å². The van der Waals surface area contributed by atoms with Crippen LogP contribution in [0.25, 0.3) is 5.78 Å². The largest absolute Gasteiger partial charge is 0.417 e. The van der Waals surface area contributed by atoms with E-state index in [0.717, 1.165) is 12.1 Å². The molecule has 0 spiro atoms. The van der Waals surface area contributed by atoms with Crippen LogP contribution in [0.2, 0.25) is 5.02 Å². The summed E-state index contributed by atoms with van der Waals surface area (Å²) in [6.45, 7) is 1.65. The number of amides is 1. The molecule has 0 bridgehead atoms. The Bertz CT molecular complexity index is 1000. The van der Waals surface area contributed by atoms with Crippen molar-refractivity contribution in [3.8, 4) is 0 Å². The van der Waals surface area contributed by atoms with Gasteiger partial charge in [-0.3, -0.25) is 4.79 Å². The lowest BCUT2D eigenvalue weighted by molar-refractivity contribution is -0.137. The SMILES string of the molecule is Cc1cc(N(C)CC(=O)Nc2ccc(Cl)c(C(F)(F)F)c2)n2ncnc2n1. The van der Waals surface area contributed by atoms with Crippen molar-refractivity contribution in [3.05, 3.63) is 46.9 Å². The number of benzene rings is 1. The first-order valence-electron chi connectivity index (χ1n) is 7.70. The first kappa shape index (κ1) is 18.9. The summed E-state index contributed by atoms with van der Waals surface area (Å²) in [5, 5.41) is 6.06. The second-order valence-corrected chi connectivity index (χ2v) is 6.23. The van der Waals surface area contributed by atoms with Crippen molar-refractivity contribution in [2.45, 2.75) is 13.1 Å². The van der Waals surface area contributed by atoms with E-state index in [1.54, 1.807) is 24.9 Å². The number of nitrogens with one attached hydrogen (secondary N) is 1. The normalized spacial score (nSPS) is 11.6. The highest BCUT2D eigenvalue weighted by Gasteiger charge is 2.33. The first-order valence-corrected chi connectivity index (χ1v) is 8.08. The summed E-state index contributed by atoms with van der Waals surface area (Å²) in [6, 6.07) is 4.92. The highest BCUT2D eigenvalue weighted by Crippen LogP contribution is 2.36. The highest BCUT2D eigenvalue weighted by atomic mass is 35.5. The zero-order valence-electron chi connectivity index (χ0n) is 14.3. The van der Waals surface area contributed by atoms with Gasteiger partial charge in [0.2, 0.25) is 5.91 Å². The molecule has 0 radical (unpaired) electrons. The van der Waals surface area contributed by atoms with Crippen LogP contribution in [0.3, 0.4) is 0 Å². The van der Waals surface area contributed by atoms with Gasteiger partial charge in [0.25, 0.3) is 5.78 Å². The van der Waals surface area contributed by atoms with Gasteiger partial charge in [0.05, 0.1) is 17.1 Å². The number of anilines is 2. The summed E-state index contributed by atoms with van der Waals surface area (Å²) in [7, 11) is 1.65. The Morgan fingerprint density at radius 3 is 2.78 bits per heavy atom. The number of rotatable bonds is 4. The minimum Gasteiger partial charge on any atom is -0.350 e. The van der Waals surface area contributed by atoms with Gasteiger partial charge in [0.1, 0.15) is 12.1 Å². The lowest BCUT2D eigenvalue weighted by Crippen LogP contribution is -2.31. The summed E-state index contributed by atoms with van der Waals surface area (Å²) in [6.07, 6.45) is -3.27. The molecule has 0 atom stereocenters. The van der Waals surface area contributed by atoms with Crippen LogP contribution >= 0.6 is 11.6 Å². The van der Waals surface area contributed by atoms with E-state index in [4.69, 9.17) is 11.6 Å². The van der Waals surface area contributed by atoms with Gasteiger partial charge in [-0.05, 0) is 25.1 Å². The molecule has 1 N–H and O–H groups in total. The molecule has 142 valence electrons. The van der Waals surface area contributed by atoms with Crippen LogP contribution in [0.4, 0.5) is 24.7 Å². The molecule has 3 rings (SSSR count). The van der Waals surface area contributed by atoms with Crippen molar-refractivity contribution in [2.24, 2.45) is 0 Å². The van der Waals surface area contributed by atoms with Gasteiger partial charge in [-0.1, -0.05) is 11.6 Å². The van der Waals surface area contributed by atoms with Crippen LogP contribution in [0.5, 0.6) is 0 Å². The third-order valence-electron chi connectivity index (χ3n) is 3.69. The molecule has 3 aromatic rings. The number of halogens is 4. The first-order chi connectivity index (χ1) is 12.6. The smallest absolute Gasteiger partial charge is 0.350 e. The molecule has 7 nitrogen and oxygen atoms in total. The molecule has 1 aromatic carbocycles. The van der Waals surface area contributed by atoms with Gasteiger partial charge in [-0.15, -0.1) is 0 Å². The molecule has 0 aliphatic heterocycles. The summed E-state index contributed by atoms with van der Waals surface area (Å²) in [4.78, 5) is 22.1. The number of hydrogen-bond acceptors (Lipinski definition) is 5. The molecule has 0 aliphatic rings. The van der Waals surface area contributed by atoms with E-state index in [9.17, 15) is 18.0 Å². The molecule has 0 saturated carbocycles. The second kappa shape index (κ2) is 7.03. The fourth-order valence-corrected chi connectivity index (χ4v) is 2.73. The predicted molar refractivity (Wildman–Crippen MR) is 93.9 cm³/mol. The van der Waals surface area contributed by atoms with Crippen LogP contribution in [-0.4, -0.2) is 39.1 Å². The third-order valence-corrected chi connectivity index (χ3v) is 4.02. The molecule has 1 amide bonds. The van der Waals surface area contributed by atoms with Crippen LogP contribution in [0, 0.1) is 6.92 Å². The number of hydrogen-bond donors (Lipinski definition) is 1. The minimum atomic E-state index is -4.61. The number of aromatic nitrogens is 4. The average Bonchev–Trinajstić information content (AvgIpc) is 3.02. The van der Waals surface area contributed by atoms with E-state index < -0.39 is 22.7 Å². The molecular weight excluding hydrogens is 385 g/mol. The van der Waals surface area contributed by atoms with Crippen LogP contribution in [0.1, 0.15) is 11.3 Å². The van der Waals surface area contributed by atoms with Crippen LogP contribution < -0.4 is 10.2 Å². The molecule has 11 heteroatoms. The maximum Gasteiger partial charge on any atom is 0.417 e. The zero-order valence-corrected chi connectivity index (χ0v) is 15.0. The van der Waals surface area contributed by atoms with Crippen molar-refractivity contribution in [1.82, 2.24) is 19.6 Å². The maximum absolute atomic E-state index is 12.9. The highest BCUT2D eigenvalue weighted by molar-refractivity contribution is 6.31. The van der Waals surface area contributed by atoms with Gasteiger partial charge in [-0.2, -0.15) is 27.8 Å². The monoisotopic (exact) mass is 398 g/mol. The van der Waals surface area contributed by atoms with Crippen molar-refractivity contribution in [3.63, 3.8) is 0 Å². The molecule has 2 heterocycles. The molecular formula is C16H14ClF3N6O. The van der Waals surface area contributed by atoms with Gasteiger partial charge in [0, 0.05) is 24.5 Å². The number of carbonyl (C=O) groups excluding carboxylic acids is 1. The summed E-state index contributed by atoms with van der Waals surface area (Å²) >= 11 is 5.58. The summed E-state index contributed by atoms with van der Waals surface area (Å²) in [5.74, 6) is 0.442. The number of aryl methyl sites for hydroxylation is 1. The molecule has 2 aromatic heterocycles. The third kappa shape index (κ3) is 4.11. The minimum absolute atomic E-state index is 0.00179. The molecule has 0 aliphatic carbocycles. The van der Waals surface area contributed by atoms with Crippen LogP contribution in [0.15, 0.2) is 30.6 Å². The Hall–Kier alpha value is -2.88. The van der Waals surface area contributed by atoms with E-state index in [-0.39, 0.29) is 12.2 Å². The van der Waals surface area contributed by atoms with Gasteiger partial charge in [0.15, 0.2) is 0 Å². The Morgan fingerprint density at radius 1 is 1.33 bits per heavy atom. The van der Waals surface area contributed by atoms with Crippen LogP contribution in [-0.2, 0) is 11.0 Å². The molecule has 27 heavy (non-hydrogen) atoms. The second-order valence-electron chi connectivity index (χ2n) is 5.82. The number of carbonyl (C=O) groups is 1. The van der Waals surface area contributed by atoms with E-state index in [2.05, 4.69) is 20.4 Å². The predicted octanol–water partition coefficient (Wildman–Crippen LogP) is 3.18. The number of fused-ring (bicyclic) bond motifs is 1. The molecule has 0 fully saturated rings. The molecule has 0 saturated heterocycles. The Morgan fingerprint density at radius 2 is 2.07 bits per heavy atom. The fourth-order valence-electron chi connectivity index (χ4n) is 2.50. The number of likely N-dealkylation sites (N-methyl/N-ethyl adjacent to an activating group) is 1. The topological polar surface area (TPSA) is 75.4 Å². The molecule has 0 unspecified atom stereocenters. The lowest BCUT2D eigenvalue weighted by atomic mass is 10.2. The standard InChI is InChI=1S/C16H14ClF3N6O/c1-9-5-14(26-15(23-9)21-8-22-26)25(2)7-13(27)24-10-3-4-12(17)11(6-10)16(18,19)20/h3-6,8H,7H2,1-2H3,(H,24,27). The maximum atomic E-state index is 12.9. The quantitative estimate of drug-likeness (QED) is 0.730. The van der Waals surface area contributed by atoms with Gasteiger partial charge >= 0.3 is 6.18 Å². The van der Waals surface area contributed by atoms with Crippen molar-refractivity contribution < 1.29 is 18.0 Å². The Balaban J connectivity index is 1.77. The summed E-state index contributed by atoms with van der Waals surface area (Å²) < 4.78 is 40.2. The van der Waals surface area contributed by atoms with E-state index in [1.807, 2.05) is 0 Å². The van der Waals surface area contributed by atoms with Gasteiger partial charge in [-0.25, -0.2) is 4.98 Å². The van der Waals surface area contributed by atoms with E-state index in [0.29, 0.717) is 17.3 Å². The average molecular weight is 399 g/mol. The van der Waals surface area contributed by atoms with Crippen molar-refractivity contribution >= 4 is 34.8 Å². The van der Waals surface area contributed by atoms with E-state index >= 15 is 0 Å². The Labute approximate surface area is 156 Å². The van der Waals surface area contributed by atoms with Crippen molar-refractivity contribution in [2.75, 3.05) is 23.8 Å². The number of alkyl halides is 3. The van der Waals surface area contributed by atoms with Gasteiger partial charge < -0.3 is 10.2 Å². The summed E-state index contributed by atoms with van der Waals surface area (Å²) in [5.41, 5.74) is -0.323. The number of nitrogens with zero attached hydrogens (tertiary/aromatic N) is 5. The van der Waals surface area contributed by atoms with Crippen molar-refractivity contribution in [1.29, 1.82) is 0 Å². The Kier molecular flexibility index (Phi) is 4.92. The zero-order chi connectivity index (χ0) is 19.8. The lowest BCUT2D eigenvalue weighted by Gasteiger charge is -2.20.